The lowest BCUT2D eigenvalue weighted by Gasteiger charge is -2.18. The van der Waals surface area contributed by atoms with Crippen LogP contribution in [0.1, 0.15) is 6.92 Å². The van der Waals surface area contributed by atoms with Gasteiger partial charge in [0.25, 0.3) is 5.91 Å². The van der Waals surface area contributed by atoms with Gasteiger partial charge in [0.15, 0.2) is 6.10 Å². The van der Waals surface area contributed by atoms with Crippen LogP contribution in [0.2, 0.25) is 0 Å². The van der Waals surface area contributed by atoms with Gasteiger partial charge in [0.1, 0.15) is 16.9 Å². The number of nitrogens with one attached hydrogen (secondary N) is 1. The van der Waals surface area contributed by atoms with E-state index in [1.165, 1.54) is 11.4 Å². The highest BCUT2D eigenvalue weighted by molar-refractivity contribution is 7.92. The van der Waals surface area contributed by atoms with Crippen molar-refractivity contribution in [3.63, 3.8) is 0 Å². The van der Waals surface area contributed by atoms with Crippen LogP contribution in [0.3, 0.4) is 0 Å². The van der Waals surface area contributed by atoms with Gasteiger partial charge in [-0.2, -0.15) is 0 Å². The Morgan fingerprint density at radius 3 is 2.39 bits per heavy atom. The van der Waals surface area contributed by atoms with Crippen molar-refractivity contribution in [1.82, 2.24) is 0 Å². The average molecular weight is 439 g/mol. The molecule has 7 nitrogen and oxygen atoms in total. The van der Waals surface area contributed by atoms with Crippen LogP contribution in [-0.2, 0) is 14.8 Å². The molecular formula is C23H22N2O5S. The number of benzene rings is 3. The largest absolute Gasteiger partial charge is 0.481 e. The van der Waals surface area contributed by atoms with Gasteiger partial charge in [0, 0.05) is 29.6 Å². The molecule has 31 heavy (non-hydrogen) atoms. The third-order valence-electron chi connectivity index (χ3n) is 5.03. The maximum atomic E-state index is 12.6. The molecule has 0 spiro atoms. The molecule has 1 N–H and O–H groups in total. The Kier molecular flexibility index (Phi) is 5.32. The first-order valence-corrected chi connectivity index (χ1v) is 11.5. The molecule has 0 aliphatic carbocycles. The average Bonchev–Trinajstić information content (AvgIpc) is 3.10. The maximum absolute atomic E-state index is 12.6. The third kappa shape index (κ3) is 4.34. The van der Waals surface area contributed by atoms with Gasteiger partial charge >= 0.3 is 0 Å². The molecule has 0 unspecified atom stereocenters. The molecule has 160 valence electrons. The predicted octanol–water partition coefficient (Wildman–Crippen LogP) is 4.39. The van der Waals surface area contributed by atoms with Gasteiger partial charge < -0.3 is 14.5 Å². The van der Waals surface area contributed by atoms with E-state index < -0.39 is 16.1 Å². The number of carbonyl (C=O) groups excluding carboxylic acids is 1. The molecule has 4 aromatic rings. The molecule has 4 rings (SSSR count). The van der Waals surface area contributed by atoms with E-state index in [1.807, 2.05) is 36.4 Å². The van der Waals surface area contributed by atoms with Crippen molar-refractivity contribution in [2.24, 2.45) is 0 Å². The number of nitrogens with zero attached hydrogens (tertiary/aromatic N) is 1. The van der Waals surface area contributed by atoms with Crippen LogP contribution in [0, 0.1) is 0 Å². The zero-order valence-corrected chi connectivity index (χ0v) is 18.1. The van der Waals surface area contributed by atoms with E-state index in [0.29, 0.717) is 22.7 Å². The van der Waals surface area contributed by atoms with E-state index in [1.54, 1.807) is 37.3 Å². The van der Waals surface area contributed by atoms with Crippen LogP contribution in [0.5, 0.6) is 5.75 Å². The lowest BCUT2D eigenvalue weighted by molar-refractivity contribution is -0.122. The molecule has 0 saturated carbocycles. The summed E-state index contributed by atoms with van der Waals surface area (Å²) in [6.45, 7) is 1.64. The summed E-state index contributed by atoms with van der Waals surface area (Å²) in [6.07, 6.45) is 0.372. The second-order valence-corrected chi connectivity index (χ2v) is 9.30. The van der Waals surface area contributed by atoms with E-state index in [4.69, 9.17) is 9.15 Å². The van der Waals surface area contributed by atoms with Crippen LogP contribution in [0.15, 0.2) is 71.1 Å². The standard InChI is InChI=1S/C23H22N2O5S/c1-15(29-18-11-9-17(10-12-18)25(2)31(3,27)28)23(26)24-16-8-13-20-19-6-4-5-7-21(19)30-22(20)14-16/h4-15H,1-3H3,(H,24,26)/t15-/m0/s1. The number of carbonyl (C=O) groups is 1. The van der Waals surface area contributed by atoms with E-state index >= 15 is 0 Å². The number of hydrogen-bond acceptors (Lipinski definition) is 5. The molecule has 0 aliphatic heterocycles. The number of ether oxygens (including phenoxy) is 1. The highest BCUT2D eigenvalue weighted by atomic mass is 32.2. The van der Waals surface area contributed by atoms with Crippen molar-refractivity contribution in [1.29, 1.82) is 0 Å². The topological polar surface area (TPSA) is 88.8 Å². The molecule has 1 amide bonds. The van der Waals surface area contributed by atoms with E-state index in [9.17, 15) is 13.2 Å². The van der Waals surface area contributed by atoms with Crippen molar-refractivity contribution in [2.75, 3.05) is 22.9 Å². The minimum atomic E-state index is -3.34. The van der Waals surface area contributed by atoms with Gasteiger partial charge in [0.2, 0.25) is 10.0 Å². The summed E-state index contributed by atoms with van der Waals surface area (Å²) in [6, 6.07) is 19.8. The zero-order valence-electron chi connectivity index (χ0n) is 17.3. The molecule has 0 bridgehead atoms. The molecule has 0 saturated heterocycles. The monoisotopic (exact) mass is 438 g/mol. The Morgan fingerprint density at radius 2 is 1.68 bits per heavy atom. The Balaban J connectivity index is 1.44. The molecule has 1 heterocycles. The zero-order chi connectivity index (χ0) is 22.2. The first-order chi connectivity index (χ1) is 14.7. The number of sulfonamides is 1. The van der Waals surface area contributed by atoms with Gasteiger partial charge in [-0.1, -0.05) is 18.2 Å². The van der Waals surface area contributed by atoms with Crippen LogP contribution < -0.4 is 14.4 Å². The Labute approximate surface area is 180 Å². The molecule has 1 aromatic heterocycles. The maximum Gasteiger partial charge on any atom is 0.265 e. The van der Waals surface area contributed by atoms with Gasteiger partial charge in [-0.15, -0.1) is 0 Å². The normalized spacial score (nSPS) is 12.6. The molecule has 0 radical (unpaired) electrons. The fourth-order valence-electron chi connectivity index (χ4n) is 3.23. The van der Waals surface area contributed by atoms with Crippen LogP contribution in [-0.4, -0.2) is 33.7 Å². The van der Waals surface area contributed by atoms with Crippen molar-refractivity contribution in [3.8, 4) is 5.75 Å². The summed E-state index contributed by atoms with van der Waals surface area (Å²) in [5.74, 6) is 0.147. The highest BCUT2D eigenvalue weighted by Crippen LogP contribution is 2.30. The summed E-state index contributed by atoms with van der Waals surface area (Å²) in [7, 11) is -1.87. The second-order valence-electron chi connectivity index (χ2n) is 7.28. The number of anilines is 2. The molecular weight excluding hydrogens is 416 g/mol. The first kappa shape index (κ1) is 20.7. The predicted molar refractivity (Wildman–Crippen MR) is 122 cm³/mol. The Morgan fingerprint density at radius 1 is 1.00 bits per heavy atom. The number of hydrogen-bond donors (Lipinski definition) is 1. The fraction of sp³-hybridized carbons (Fsp3) is 0.174. The lowest BCUT2D eigenvalue weighted by atomic mass is 10.1. The number of para-hydroxylation sites is 1. The summed E-state index contributed by atoms with van der Waals surface area (Å²) in [4.78, 5) is 12.6. The van der Waals surface area contributed by atoms with E-state index in [0.717, 1.165) is 22.6 Å². The van der Waals surface area contributed by atoms with Crippen LogP contribution >= 0.6 is 0 Å². The van der Waals surface area contributed by atoms with Crippen molar-refractivity contribution < 1.29 is 22.4 Å². The van der Waals surface area contributed by atoms with E-state index in [-0.39, 0.29) is 5.91 Å². The highest BCUT2D eigenvalue weighted by Gasteiger charge is 2.17. The number of amides is 1. The summed E-state index contributed by atoms with van der Waals surface area (Å²) in [5.41, 5.74) is 2.60. The van der Waals surface area contributed by atoms with Gasteiger partial charge in [-0.05, 0) is 49.4 Å². The number of rotatable bonds is 6. The first-order valence-electron chi connectivity index (χ1n) is 9.65. The van der Waals surface area contributed by atoms with Gasteiger partial charge in [0.05, 0.1) is 11.9 Å². The van der Waals surface area contributed by atoms with Crippen molar-refractivity contribution in [2.45, 2.75) is 13.0 Å². The minimum absolute atomic E-state index is 0.312. The molecule has 8 heteroatoms. The molecule has 0 fully saturated rings. The lowest BCUT2D eigenvalue weighted by Crippen LogP contribution is -2.30. The number of furan rings is 1. The summed E-state index contributed by atoms with van der Waals surface area (Å²) >= 11 is 0. The fourth-order valence-corrected chi connectivity index (χ4v) is 3.74. The van der Waals surface area contributed by atoms with Gasteiger partial charge in [-0.3, -0.25) is 9.10 Å². The summed E-state index contributed by atoms with van der Waals surface area (Å²) in [5, 5.41) is 4.84. The smallest absolute Gasteiger partial charge is 0.265 e. The number of fused-ring (bicyclic) bond motifs is 3. The Bertz CT molecular complexity index is 1360. The van der Waals surface area contributed by atoms with E-state index in [2.05, 4.69) is 5.32 Å². The Hall–Kier alpha value is -3.52. The molecule has 1 atom stereocenters. The summed E-state index contributed by atoms with van der Waals surface area (Å²) < 4.78 is 36.0. The van der Waals surface area contributed by atoms with Crippen molar-refractivity contribution >= 4 is 49.2 Å². The van der Waals surface area contributed by atoms with Crippen LogP contribution in [0.25, 0.3) is 21.9 Å². The van der Waals surface area contributed by atoms with Gasteiger partial charge in [-0.25, -0.2) is 8.42 Å². The molecule has 0 aliphatic rings. The SMILES string of the molecule is C[C@H](Oc1ccc(N(C)S(C)(=O)=O)cc1)C(=O)Nc1ccc2c(c1)oc1ccccc12. The second kappa shape index (κ2) is 7.96. The third-order valence-corrected chi connectivity index (χ3v) is 6.23. The quantitative estimate of drug-likeness (QED) is 0.482. The minimum Gasteiger partial charge on any atom is -0.481 e. The van der Waals surface area contributed by atoms with Crippen molar-refractivity contribution in [3.05, 3.63) is 66.7 Å². The molecule has 3 aromatic carbocycles. The van der Waals surface area contributed by atoms with Crippen LogP contribution in [0.4, 0.5) is 11.4 Å².